The molecule has 0 saturated carbocycles. The highest BCUT2D eigenvalue weighted by Crippen LogP contribution is 2.11. The van der Waals surface area contributed by atoms with Crippen molar-refractivity contribution < 1.29 is 24.3 Å². The number of carbonyl (C=O) groups is 4. The van der Waals surface area contributed by atoms with Crippen molar-refractivity contribution in [3.63, 3.8) is 0 Å². The lowest BCUT2D eigenvalue weighted by molar-refractivity contribution is -0.133. The van der Waals surface area contributed by atoms with Crippen molar-refractivity contribution in [1.29, 1.82) is 10.8 Å². The van der Waals surface area contributed by atoms with Crippen molar-refractivity contribution in [2.24, 2.45) is 0 Å². The van der Waals surface area contributed by atoms with Crippen LogP contribution in [-0.4, -0.2) is 56.3 Å². The summed E-state index contributed by atoms with van der Waals surface area (Å²) >= 11 is 0. The monoisotopic (exact) mass is 276 g/mol. The van der Waals surface area contributed by atoms with E-state index in [1.165, 1.54) is 0 Å². The molecule has 0 radical (unpaired) electrons. The van der Waals surface area contributed by atoms with Crippen LogP contribution in [0, 0.1) is 10.8 Å². The predicted octanol–water partition coefficient (Wildman–Crippen LogP) is -1.85. The van der Waals surface area contributed by atoms with E-state index < -0.39 is 41.4 Å². The molecule has 2 rings (SSSR count). The highest BCUT2D eigenvalue weighted by Gasteiger charge is 2.38. The van der Waals surface area contributed by atoms with E-state index in [4.69, 9.17) is 10.8 Å². The second kappa shape index (κ2) is 4.63. The van der Waals surface area contributed by atoms with E-state index in [1.54, 1.807) is 0 Å². The SMILES string of the molecule is N=C(C(O)C(=N)N1C(=O)C=CC1=O)N1C(=O)C=CC1=O. The number of amidine groups is 2. The highest BCUT2D eigenvalue weighted by molar-refractivity contribution is 6.31. The van der Waals surface area contributed by atoms with E-state index in [1.807, 2.05) is 0 Å². The number of hydrogen-bond donors (Lipinski definition) is 3. The van der Waals surface area contributed by atoms with Gasteiger partial charge in [0.25, 0.3) is 23.6 Å². The van der Waals surface area contributed by atoms with Gasteiger partial charge in [-0.25, -0.2) is 9.80 Å². The van der Waals surface area contributed by atoms with Gasteiger partial charge in [0.15, 0.2) is 6.10 Å². The van der Waals surface area contributed by atoms with E-state index in [-0.39, 0.29) is 0 Å². The van der Waals surface area contributed by atoms with Gasteiger partial charge in [-0.15, -0.1) is 0 Å². The molecule has 102 valence electrons. The molecular weight excluding hydrogens is 268 g/mol. The maximum Gasteiger partial charge on any atom is 0.259 e. The number of hydrogen-bond acceptors (Lipinski definition) is 7. The van der Waals surface area contributed by atoms with E-state index in [2.05, 4.69) is 0 Å². The summed E-state index contributed by atoms with van der Waals surface area (Å²) in [6, 6.07) is 0. The second-order valence-electron chi connectivity index (χ2n) is 3.86. The zero-order valence-corrected chi connectivity index (χ0v) is 9.86. The highest BCUT2D eigenvalue weighted by atomic mass is 16.3. The lowest BCUT2D eigenvalue weighted by Gasteiger charge is -2.23. The number of nitrogens with zero attached hydrogens (tertiary/aromatic N) is 2. The molecule has 0 unspecified atom stereocenters. The lowest BCUT2D eigenvalue weighted by Crippen LogP contribution is -2.51. The molecule has 2 aliphatic heterocycles. The van der Waals surface area contributed by atoms with Crippen LogP contribution >= 0.6 is 0 Å². The summed E-state index contributed by atoms with van der Waals surface area (Å²) in [4.78, 5) is 46.0. The van der Waals surface area contributed by atoms with Gasteiger partial charge < -0.3 is 5.11 Å². The Morgan fingerprint density at radius 3 is 1.30 bits per heavy atom. The van der Waals surface area contributed by atoms with Crippen LogP contribution in [0.25, 0.3) is 0 Å². The summed E-state index contributed by atoms with van der Waals surface area (Å²) in [6.07, 6.45) is 1.56. The Morgan fingerprint density at radius 1 is 0.800 bits per heavy atom. The predicted molar refractivity (Wildman–Crippen MR) is 63.4 cm³/mol. The first-order chi connectivity index (χ1) is 9.34. The number of aliphatic hydroxyl groups is 1. The van der Waals surface area contributed by atoms with Crippen LogP contribution in [-0.2, 0) is 19.2 Å². The minimum absolute atomic E-state index is 0.345. The smallest absolute Gasteiger partial charge is 0.259 e. The number of amides is 4. The molecule has 0 fully saturated rings. The molecule has 9 heteroatoms. The summed E-state index contributed by atoms with van der Waals surface area (Å²) in [5, 5.41) is 24.9. The summed E-state index contributed by atoms with van der Waals surface area (Å²) in [5.74, 6) is -5.17. The topological polar surface area (TPSA) is 143 Å². The van der Waals surface area contributed by atoms with Crippen LogP contribution in [0.2, 0.25) is 0 Å². The van der Waals surface area contributed by atoms with Gasteiger partial charge in [0.05, 0.1) is 0 Å². The molecule has 20 heavy (non-hydrogen) atoms. The van der Waals surface area contributed by atoms with Crippen molar-refractivity contribution in [2.45, 2.75) is 6.10 Å². The first-order valence-electron chi connectivity index (χ1n) is 5.32. The van der Waals surface area contributed by atoms with Crippen molar-refractivity contribution in [3.8, 4) is 0 Å². The maximum absolute atomic E-state index is 11.3. The van der Waals surface area contributed by atoms with Crippen LogP contribution < -0.4 is 0 Å². The third kappa shape index (κ3) is 1.95. The quantitative estimate of drug-likeness (QED) is 0.308. The van der Waals surface area contributed by atoms with Gasteiger partial charge in [0.1, 0.15) is 11.7 Å². The average molecular weight is 276 g/mol. The Bertz CT molecular complexity index is 543. The van der Waals surface area contributed by atoms with Crippen LogP contribution in [0.3, 0.4) is 0 Å². The summed E-state index contributed by atoms with van der Waals surface area (Å²) in [7, 11) is 0. The minimum Gasteiger partial charge on any atom is -0.377 e. The molecule has 0 aromatic carbocycles. The molecule has 4 amide bonds. The molecule has 0 saturated heterocycles. The Hall–Kier alpha value is -2.94. The molecule has 0 bridgehead atoms. The van der Waals surface area contributed by atoms with Gasteiger partial charge in [0, 0.05) is 24.3 Å². The lowest BCUT2D eigenvalue weighted by atomic mass is 10.2. The van der Waals surface area contributed by atoms with Crippen molar-refractivity contribution in [3.05, 3.63) is 24.3 Å². The van der Waals surface area contributed by atoms with Crippen molar-refractivity contribution in [2.75, 3.05) is 0 Å². The molecule has 2 heterocycles. The van der Waals surface area contributed by atoms with Crippen LogP contribution in [0.5, 0.6) is 0 Å². The summed E-state index contributed by atoms with van der Waals surface area (Å²) < 4.78 is 0. The van der Waals surface area contributed by atoms with Crippen molar-refractivity contribution in [1.82, 2.24) is 9.80 Å². The fourth-order valence-electron chi connectivity index (χ4n) is 1.65. The van der Waals surface area contributed by atoms with Gasteiger partial charge >= 0.3 is 0 Å². The van der Waals surface area contributed by atoms with Gasteiger partial charge in [-0.2, -0.15) is 0 Å². The van der Waals surface area contributed by atoms with E-state index in [0.717, 1.165) is 24.3 Å². The fourth-order valence-corrected chi connectivity index (χ4v) is 1.65. The second-order valence-corrected chi connectivity index (χ2v) is 3.86. The summed E-state index contributed by atoms with van der Waals surface area (Å²) in [6.45, 7) is 0. The molecule has 0 atom stereocenters. The molecule has 0 aliphatic carbocycles. The standard InChI is InChI=1S/C11H8N4O5/c12-10(14-5(16)1-2-6(14)17)9(20)11(13)15-7(18)3-4-8(15)19/h1-4,9,12-13,20H. The van der Waals surface area contributed by atoms with E-state index in [0.29, 0.717) is 9.80 Å². The molecule has 0 aromatic rings. The number of imide groups is 2. The Kier molecular flexibility index (Phi) is 3.12. The zero-order valence-electron chi connectivity index (χ0n) is 9.86. The van der Waals surface area contributed by atoms with Gasteiger partial charge in [0.2, 0.25) is 0 Å². The van der Waals surface area contributed by atoms with Gasteiger partial charge in [-0.05, 0) is 0 Å². The molecule has 3 N–H and O–H groups in total. The van der Waals surface area contributed by atoms with Crippen molar-refractivity contribution >= 4 is 35.3 Å². The van der Waals surface area contributed by atoms with Crippen LogP contribution in [0.4, 0.5) is 0 Å². The van der Waals surface area contributed by atoms with Crippen LogP contribution in [0.15, 0.2) is 24.3 Å². The average Bonchev–Trinajstić information content (AvgIpc) is 2.90. The van der Waals surface area contributed by atoms with Gasteiger partial charge in [-0.3, -0.25) is 30.0 Å². The Balaban J connectivity index is 2.17. The molecule has 0 spiro atoms. The Labute approximate surface area is 111 Å². The summed E-state index contributed by atoms with van der Waals surface area (Å²) in [5.41, 5.74) is 0. The fraction of sp³-hybridized carbons (Fsp3) is 0.0909. The number of nitrogens with one attached hydrogen (secondary N) is 2. The zero-order chi connectivity index (χ0) is 15.0. The van der Waals surface area contributed by atoms with Crippen LogP contribution in [0.1, 0.15) is 0 Å². The Morgan fingerprint density at radius 2 is 1.05 bits per heavy atom. The normalized spacial score (nSPS) is 19.2. The molecular formula is C11H8N4O5. The third-order valence-electron chi connectivity index (χ3n) is 2.62. The molecule has 2 aliphatic rings. The molecule has 0 aromatic heterocycles. The van der Waals surface area contributed by atoms with E-state index >= 15 is 0 Å². The molecule has 9 nitrogen and oxygen atoms in total. The number of carbonyl (C=O) groups excluding carboxylic acids is 4. The first-order valence-corrected chi connectivity index (χ1v) is 5.32. The van der Waals surface area contributed by atoms with Gasteiger partial charge in [-0.1, -0.05) is 0 Å². The number of rotatable bonds is 2. The first kappa shape index (κ1) is 13.5. The minimum atomic E-state index is -2.06. The van der Waals surface area contributed by atoms with E-state index in [9.17, 15) is 24.3 Å². The maximum atomic E-state index is 11.3. The largest absolute Gasteiger partial charge is 0.377 e. The number of aliphatic hydroxyl groups excluding tert-OH is 1. The third-order valence-corrected chi connectivity index (χ3v) is 2.62.